The molecule has 0 aromatic heterocycles. The molecule has 2 fully saturated rings. The van der Waals surface area contributed by atoms with Gasteiger partial charge in [0.1, 0.15) is 4.93 Å². The van der Waals surface area contributed by atoms with E-state index in [1.165, 1.54) is 13.0 Å². The Bertz CT molecular complexity index is 211. The quantitative estimate of drug-likeness (QED) is 0.665. The number of ether oxygens (including phenoxy) is 1. The summed E-state index contributed by atoms with van der Waals surface area (Å²) in [5, 5.41) is 0.675. The van der Waals surface area contributed by atoms with Crippen molar-refractivity contribution < 1.29 is 4.74 Å². The van der Waals surface area contributed by atoms with Gasteiger partial charge in [-0.15, -0.1) is 11.8 Å². The van der Waals surface area contributed by atoms with Crippen LogP contribution in [0.25, 0.3) is 0 Å². The van der Waals surface area contributed by atoms with Crippen LogP contribution in [0.15, 0.2) is 0 Å². The maximum Gasteiger partial charge on any atom is 0.129 e. The lowest BCUT2D eigenvalue weighted by atomic mass is 9.95. The highest BCUT2D eigenvalue weighted by Gasteiger charge is 2.47. The van der Waals surface area contributed by atoms with E-state index < -0.39 is 0 Å². The molecule has 2 aliphatic heterocycles. The Hall–Kier alpha value is 0.270. The van der Waals surface area contributed by atoms with Gasteiger partial charge in [-0.2, -0.15) is 0 Å². The third kappa shape index (κ3) is 1.82. The number of hydrogen-bond donors (Lipinski definition) is 0. The van der Waals surface area contributed by atoms with Crippen LogP contribution < -0.4 is 0 Å². The number of hydrogen-bond acceptors (Lipinski definition) is 3. The fraction of sp³-hybridized carbons (Fsp3) is 1.00. The lowest BCUT2D eigenvalue weighted by Gasteiger charge is -2.43. The first-order chi connectivity index (χ1) is 6.66. The van der Waals surface area contributed by atoms with Gasteiger partial charge in [-0.3, -0.25) is 4.90 Å². The predicted octanol–water partition coefficient (Wildman–Crippen LogP) is 2.20. The maximum atomic E-state index is 6.06. The van der Waals surface area contributed by atoms with Crippen molar-refractivity contribution in [3.63, 3.8) is 0 Å². The van der Waals surface area contributed by atoms with E-state index in [2.05, 4.69) is 37.4 Å². The van der Waals surface area contributed by atoms with Gasteiger partial charge in [0.25, 0.3) is 0 Å². The second kappa shape index (κ2) is 4.03. The van der Waals surface area contributed by atoms with Crippen molar-refractivity contribution in [2.45, 2.75) is 37.4 Å². The van der Waals surface area contributed by atoms with Crippen LogP contribution in [0, 0.1) is 5.92 Å². The van der Waals surface area contributed by atoms with Crippen LogP contribution >= 0.6 is 11.8 Å². The molecule has 82 valence electrons. The maximum absolute atomic E-state index is 6.06. The molecular weight excluding hydrogens is 194 g/mol. The zero-order valence-electron chi connectivity index (χ0n) is 9.45. The smallest absolute Gasteiger partial charge is 0.129 e. The van der Waals surface area contributed by atoms with Gasteiger partial charge in [0.15, 0.2) is 0 Å². The minimum Gasteiger partial charge on any atom is -0.362 e. The zero-order chi connectivity index (χ0) is 10.2. The molecule has 2 unspecified atom stereocenters. The van der Waals surface area contributed by atoms with Crippen molar-refractivity contribution in [1.29, 1.82) is 0 Å². The second-order valence-corrected chi connectivity index (χ2v) is 6.34. The van der Waals surface area contributed by atoms with E-state index in [-0.39, 0.29) is 4.93 Å². The zero-order valence-corrected chi connectivity index (χ0v) is 10.3. The van der Waals surface area contributed by atoms with Gasteiger partial charge in [-0.05, 0) is 25.4 Å². The van der Waals surface area contributed by atoms with E-state index in [4.69, 9.17) is 4.74 Å². The van der Waals surface area contributed by atoms with Gasteiger partial charge in [0, 0.05) is 11.8 Å². The van der Waals surface area contributed by atoms with E-state index in [1.807, 2.05) is 0 Å². The lowest BCUT2D eigenvalue weighted by Crippen LogP contribution is -2.50. The SMILES string of the molecule is CCN1CCC(C)C2(C1)OC[C@@H](C)S2. The number of piperidine rings is 1. The molecule has 0 amide bonds. The van der Waals surface area contributed by atoms with Crippen molar-refractivity contribution in [3.05, 3.63) is 0 Å². The molecule has 2 rings (SSSR count). The van der Waals surface area contributed by atoms with Crippen molar-refractivity contribution in [2.24, 2.45) is 5.92 Å². The van der Waals surface area contributed by atoms with Crippen LogP contribution in [-0.2, 0) is 4.74 Å². The van der Waals surface area contributed by atoms with Crippen molar-refractivity contribution >= 4 is 11.8 Å². The van der Waals surface area contributed by atoms with Gasteiger partial charge in [-0.1, -0.05) is 20.8 Å². The third-order valence-corrected chi connectivity index (χ3v) is 5.07. The molecule has 2 heterocycles. The van der Waals surface area contributed by atoms with E-state index in [1.54, 1.807) is 0 Å². The fourth-order valence-electron chi connectivity index (χ4n) is 2.42. The first kappa shape index (κ1) is 10.8. The molecule has 0 radical (unpaired) electrons. The molecule has 2 nitrogen and oxygen atoms in total. The van der Waals surface area contributed by atoms with Gasteiger partial charge in [-0.25, -0.2) is 0 Å². The summed E-state index contributed by atoms with van der Waals surface area (Å²) < 4.78 is 6.06. The van der Waals surface area contributed by atoms with Crippen LogP contribution in [0.1, 0.15) is 27.2 Å². The number of likely N-dealkylation sites (N-methyl/N-ethyl adjacent to an activating group) is 1. The lowest BCUT2D eigenvalue weighted by molar-refractivity contribution is -0.0424. The minimum absolute atomic E-state index is 0.119. The van der Waals surface area contributed by atoms with Crippen molar-refractivity contribution in [1.82, 2.24) is 4.90 Å². The fourth-order valence-corrected chi connectivity index (χ4v) is 3.98. The summed E-state index contributed by atoms with van der Waals surface area (Å²) in [6.07, 6.45) is 1.29. The van der Waals surface area contributed by atoms with Gasteiger partial charge >= 0.3 is 0 Å². The first-order valence-corrected chi connectivity index (χ1v) is 6.58. The molecule has 2 aliphatic rings. The summed E-state index contributed by atoms with van der Waals surface area (Å²) in [6, 6.07) is 0. The Morgan fingerprint density at radius 2 is 2.29 bits per heavy atom. The molecule has 0 aromatic rings. The summed E-state index contributed by atoms with van der Waals surface area (Å²) in [7, 11) is 0. The average Bonchev–Trinajstić information content (AvgIpc) is 2.54. The molecule has 0 bridgehead atoms. The molecule has 0 aliphatic carbocycles. The van der Waals surface area contributed by atoms with Gasteiger partial charge in [0.2, 0.25) is 0 Å². The van der Waals surface area contributed by atoms with Crippen molar-refractivity contribution in [3.8, 4) is 0 Å². The van der Waals surface area contributed by atoms with Crippen LogP contribution in [0.5, 0.6) is 0 Å². The monoisotopic (exact) mass is 215 g/mol. The number of likely N-dealkylation sites (tertiary alicyclic amines) is 1. The van der Waals surface area contributed by atoms with E-state index in [9.17, 15) is 0 Å². The Balaban J connectivity index is 2.07. The number of rotatable bonds is 1. The molecule has 3 heteroatoms. The van der Waals surface area contributed by atoms with Crippen molar-refractivity contribution in [2.75, 3.05) is 26.2 Å². The molecule has 0 saturated carbocycles. The largest absolute Gasteiger partial charge is 0.362 e. The summed E-state index contributed by atoms with van der Waals surface area (Å²) in [6.45, 7) is 11.3. The Morgan fingerprint density at radius 3 is 2.86 bits per heavy atom. The molecule has 2 saturated heterocycles. The number of nitrogens with zero attached hydrogens (tertiary/aromatic N) is 1. The van der Waals surface area contributed by atoms with E-state index >= 15 is 0 Å². The normalized spacial score (nSPS) is 44.8. The van der Waals surface area contributed by atoms with E-state index in [0.717, 1.165) is 19.7 Å². The Morgan fingerprint density at radius 1 is 1.50 bits per heavy atom. The molecule has 0 N–H and O–H groups in total. The van der Waals surface area contributed by atoms with Crippen LogP contribution in [0.4, 0.5) is 0 Å². The van der Waals surface area contributed by atoms with E-state index in [0.29, 0.717) is 11.2 Å². The van der Waals surface area contributed by atoms with Crippen LogP contribution in [-0.4, -0.2) is 41.3 Å². The Kier molecular flexibility index (Phi) is 3.10. The molecule has 3 atom stereocenters. The first-order valence-electron chi connectivity index (χ1n) is 5.70. The minimum atomic E-state index is 0.119. The highest BCUT2D eigenvalue weighted by atomic mass is 32.2. The summed E-state index contributed by atoms with van der Waals surface area (Å²) in [5.74, 6) is 0.709. The number of thioether (sulfide) groups is 1. The highest BCUT2D eigenvalue weighted by molar-refractivity contribution is 8.01. The molecule has 0 aromatic carbocycles. The second-order valence-electron chi connectivity index (χ2n) is 4.61. The molecule has 1 spiro atoms. The predicted molar refractivity (Wildman–Crippen MR) is 61.6 cm³/mol. The average molecular weight is 215 g/mol. The van der Waals surface area contributed by atoms with Gasteiger partial charge < -0.3 is 4.74 Å². The third-order valence-electron chi connectivity index (χ3n) is 3.48. The summed E-state index contributed by atoms with van der Waals surface area (Å²) in [4.78, 5) is 2.64. The highest BCUT2D eigenvalue weighted by Crippen LogP contribution is 2.46. The van der Waals surface area contributed by atoms with Crippen LogP contribution in [0.2, 0.25) is 0 Å². The topological polar surface area (TPSA) is 12.5 Å². The van der Waals surface area contributed by atoms with Crippen LogP contribution in [0.3, 0.4) is 0 Å². The molecule has 14 heavy (non-hydrogen) atoms. The van der Waals surface area contributed by atoms with Gasteiger partial charge in [0.05, 0.1) is 6.61 Å². The molecular formula is C11H21NOS. The Labute approximate surface area is 91.4 Å². The summed E-state index contributed by atoms with van der Waals surface area (Å²) >= 11 is 2.05. The standard InChI is InChI=1S/C11H21NOS/c1-4-12-6-5-9(2)11(8-12)13-7-10(3)14-11/h9-10H,4-8H2,1-3H3/t9?,10-,11?/m1/s1. The summed E-state index contributed by atoms with van der Waals surface area (Å²) in [5.41, 5.74) is 0.